The van der Waals surface area contributed by atoms with Gasteiger partial charge in [-0.05, 0) is 11.4 Å². The summed E-state index contributed by atoms with van der Waals surface area (Å²) in [6.45, 7) is 0.933. The van der Waals surface area contributed by atoms with E-state index in [0.717, 1.165) is 0 Å². The maximum absolute atomic E-state index is 12.0. The van der Waals surface area contributed by atoms with E-state index in [-0.39, 0.29) is 23.8 Å². The summed E-state index contributed by atoms with van der Waals surface area (Å²) in [4.78, 5) is 38.7. The van der Waals surface area contributed by atoms with Crippen LogP contribution in [-0.2, 0) is 9.59 Å². The number of amides is 3. The number of carbonyl (C=O) groups is 3. The molecule has 1 aromatic heterocycles. The van der Waals surface area contributed by atoms with Crippen molar-refractivity contribution < 1.29 is 14.4 Å². The van der Waals surface area contributed by atoms with E-state index in [0.29, 0.717) is 30.8 Å². The summed E-state index contributed by atoms with van der Waals surface area (Å²) >= 11 is 1.40. The SMILES string of the molecule is O=C(c1cccs1)N1CC(N2C(=O)CCC2=O)C1. The van der Waals surface area contributed by atoms with Gasteiger partial charge in [0.1, 0.15) is 0 Å². The molecule has 0 N–H and O–H groups in total. The number of rotatable bonds is 2. The highest BCUT2D eigenvalue weighted by atomic mass is 32.1. The van der Waals surface area contributed by atoms with Gasteiger partial charge in [0.05, 0.1) is 10.9 Å². The second-order valence-corrected chi connectivity index (χ2v) is 5.45. The zero-order valence-electron chi connectivity index (χ0n) is 9.67. The molecule has 18 heavy (non-hydrogen) atoms. The Morgan fingerprint density at radius 2 is 1.89 bits per heavy atom. The third-order valence-electron chi connectivity index (χ3n) is 3.34. The molecule has 3 heterocycles. The third-order valence-corrected chi connectivity index (χ3v) is 4.19. The van der Waals surface area contributed by atoms with Gasteiger partial charge in [0.15, 0.2) is 0 Å². The topological polar surface area (TPSA) is 57.7 Å². The first-order valence-electron chi connectivity index (χ1n) is 5.84. The molecular weight excluding hydrogens is 252 g/mol. The Morgan fingerprint density at radius 1 is 1.22 bits per heavy atom. The molecule has 0 saturated carbocycles. The van der Waals surface area contributed by atoms with Gasteiger partial charge in [-0.3, -0.25) is 19.3 Å². The molecule has 3 amide bonds. The van der Waals surface area contributed by atoms with Crippen LogP contribution in [0.15, 0.2) is 17.5 Å². The first-order valence-corrected chi connectivity index (χ1v) is 6.72. The van der Waals surface area contributed by atoms with E-state index in [1.807, 2.05) is 11.4 Å². The largest absolute Gasteiger partial charge is 0.334 e. The monoisotopic (exact) mass is 264 g/mol. The molecule has 0 atom stereocenters. The van der Waals surface area contributed by atoms with Crippen molar-refractivity contribution in [1.29, 1.82) is 0 Å². The van der Waals surface area contributed by atoms with Crippen molar-refractivity contribution in [2.24, 2.45) is 0 Å². The molecule has 2 aliphatic heterocycles. The average Bonchev–Trinajstić information content (AvgIpc) is 2.90. The summed E-state index contributed by atoms with van der Waals surface area (Å²) in [5.74, 6) is -0.221. The summed E-state index contributed by atoms with van der Waals surface area (Å²) in [6.07, 6.45) is 0.627. The smallest absolute Gasteiger partial charge is 0.264 e. The molecule has 0 radical (unpaired) electrons. The molecule has 2 saturated heterocycles. The zero-order chi connectivity index (χ0) is 12.7. The van der Waals surface area contributed by atoms with E-state index in [4.69, 9.17) is 0 Å². The van der Waals surface area contributed by atoms with E-state index in [1.54, 1.807) is 11.0 Å². The van der Waals surface area contributed by atoms with Gasteiger partial charge >= 0.3 is 0 Å². The molecule has 1 aromatic rings. The fourth-order valence-corrected chi connectivity index (χ4v) is 3.03. The minimum atomic E-state index is -0.114. The van der Waals surface area contributed by atoms with Crippen LogP contribution in [0.25, 0.3) is 0 Å². The molecular formula is C12H12N2O3S. The predicted octanol–water partition coefficient (Wildman–Crippen LogP) is 0.722. The number of thiophene rings is 1. The van der Waals surface area contributed by atoms with Gasteiger partial charge in [-0.1, -0.05) is 6.07 Å². The quantitative estimate of drug-likeness (QED) is 0.740. The number of hydrogen-bond acceptors (Lipinski definition) is 4. The summed E-state index contributed by atoms with van der Waals surface area (Å²) in [7, 11) is 0. The van der Waals surface area contributed by atoms with Crippen LogP contribution in [0.2, 0.25) is 0 Å². The Hall–Kier alpha value is -1.69. The average molecular weight is 264 g/mol. The van der Waals surface area contributed by atoms with Crippen molar-refractivity contribution >= 4 is 29.1 Å². The van der Waals surface area contributed by atoms with E-state index < -0.39 is 0 Å². The molecule has 3 rings (SSSR count). The van der Waals surface area contributed by atoms with Gasteiger partial charge in [-0.15, -0.1) is 11.3 Å². The maximum Gasteiger partial charge on any atom is 0.264 e. The standard InChI is InChI=1S/C12H12N2O3S/c15-10-3-4-11(16)14(10)8-6-13(7-8)12(17)9-2-1-5-18-9/h1-2,5,8H,3-4,6-7H2. The highest BCUT2D eigenvalue weighted by molar-refractivity contribution is 7.12. The first-order chi connectivity index (χ1) is 8.66. The molecule has 94 valence electrons. The Morgan fingerprint density at radius 3 is 2.44 bits per heavy atom. The van der Waals surface area contributed by atoms with Crippen molar-refractivity contribution in [2.45, 2.75) is 18.9 Å². The van der Waals surface area contributed by atoms with Crippen molar-refractivity contribution in [3.63, 3.8) is 0 Å². The zero-order valence-corrected chi connectivity index (χ0v) is 10.5. The minimum Gasteiger partial charge on any atom is -0.334 e. The molecule has 0 aliphatic carbocycles. The normalized spacial score (nSPS) is 20.4. The van der Waals surface area contributed by atoms with Crippen LogP contribution in [0.5, 0.6) is 0 Å². The number of likely N-dealkylation sites (tertiary alicyclic amines) is 2. The van der Waals surface area contributed by atoms with Crippen LogP contribution >= 0.6 is 11.3 Å². The van der Waals surface area contributed by atoms with Crippen LogP contribution in [-0.4, -0.2) is 46.7 Å². The molecule has 0 spiro atoms. The second-order valence-electron chi connectivity index (χ2n) is 4.50. The van der Waals surface area contributed by atoms with Crippen LogP contribution in [0.1, 0.15) is 22.5 Å². The lowest BCUT2D eigenvalue weighted by Gasteiger charge is -2.42. The van der Waals surface area contributed by atoms with Gasteiger partial charge < -0.3 is 4.90 Å². The molecule has 5 nitrogen and oxygen atoms in total. The van der Waals surface area contributed by atoms with E-state index in [2.05, 4.69) is 0 Å². The molecule has 0 bridgehead atoms. The van der Waals surface area contributed by atoms with Gasteiger partial charge in [0, 0.05) is 25.9 Å². The van der Waals surface area contributed by atoms with Crippen LogP contribution in [0, 0.1) is 0 Å². The predicted molar refractivity (Wildman–Crippen MR) is 65.1 cm³/mol. The summed E-state index contributed by atoms with van der Waals surface area (Å²) in [6, 6.07) is 3.51. The summed E-state index contributed by atoms with van der Waals surface area (Å²) in [5.41, 5.74) is 0. The van der Waals surface area contributed by atoms with Gasteiger partial charge in [-0.2, -0.15) is 0 Å². The molecule has 2 fully saturated rings. The lowest BCUT2D eigenvalue weighted by molar-refractivity contribution is -0.144. The van der Waals surface area contributed by atoms with Gasteiger partial charge in [0.25, 0.3) is 5.91 Å². The maximum atomic E-state index is 12.0. The van der Waals surface area contributed by atoms with Crippen molar-refractivity contribution in [3.8, 4) is 0 Å². The number of hydrogen-bond donors (Lipinski definition) is 0. The van der Waals surface area contributed by atoms with Gasteiger partial charge in [0.2, 0.25) is 11.8 Å². The summed E-state index contributed by atoms with van der Waals surface area (Å²) in [5, 5.41) is 1.86. The highest BCUT2D eigenvalue weighted by Gasteiger charge is 2.42. The van der Waals surface area contributed by atoms with Gasteiger partial charge in [-0.25, -0.2) is 0 Å². The van der Waals surface area contributed by atoms with Crippen molar-refractivity contribution in [3.05, 3.63) is 22.4 Å². The van der Waals surface area contributed by atoms with Crippen LogP contribution in [0.3, 0.4) is 0 Å². The highest BCUT2D eigenvalue weighted by Crippen LogP contribution is 2.24. The lowest BCUT2D eigenvalue weighted by Crippen LogP contribution is -2.62. The van der Waals surface area contributed by atoms with Crippen molar-refractivity contribution in [2.75, 3.05) is 13.1 Å². The fourth-order valence-electron chi connectivity index (χ4n) is 2.34. The third kappa shape index (κ3) is 1.73. The number of nitrogens with zero attached hydrogens (tertiary/aromatic N) is 2. The van der Waals surface area contributed by atoms with Crippen LogP contribution < -0.4 is 0 Å². The number of imide groups is 1. The Bertz CT molecular complexity index is 489. The summed E-state index contributed by atoms with van der Waals surface area (Å²) < 4.78 is 0. The molecule has 0 aromatic carbocycles. The first kappa shape index (κ1) is 11.4. The Balaban J connectivity index is 1.62. The van der Waals surface area contributed by atoms with E-state index in [9.17, 15) is 14.4 Å². The Labute approximate surface area is 108 Å². The fraction of sp³-hybridized carbons (Fsp3) is 0.417. The van der Waals surface area contributed by atoms with E-state index >= 15 is 0 Å². The Kier molecular flexibility index (Phi) is 2.66. The molecule has 0 unspecified atom stereocenters. The van der Waals surface area contributed by atoms with E-state index in [1.165, 1.54) is 16.2 Å². The molecule has 2 aliphatic rings. The second kappa shape index (κ2) is 4.20. The van der Waals surface area contributed by atoms with Crippen LogP contribution in [0.4, 0.5) is 0 Å². The van der Waals surface area contributed by atoms with Crippen molar-refractivity contribution in [1.82, 2.24) is 9.80 Å². The lowest BCUT2D eigenvalue weighted by atomic mass is 10.1. The number of carbonyl (C=O) groups excluding carboxylic acids is 3. The molecule has 6 heteroatoms. The minimum absolute atomic E-state index is 0.0136.